The van der Waals surface area contributed by atoms with Crippen molar-refractivity contribution < 1.29 is 4.42 Å². The number of aromatic nitrogens is 2. The van der Waals surface area contributed by atoms with Crippen molar-refractivity contribution in [2.75, 3.05) is 0 Å². The number of nitrogens with zero attached hydrogens (tertiary/aromatic N) is 2. The molecule has 15 heavy (non-hydrogen) atoms. The molecule has 2 aromatic rings. The fraction of sp³-hybridized carbons (Fsp3) is 0.455. The molecule has 4 heteroatoms. The van der Waals surface area contributed by atoms with Crippen molar-refractivity contribution in [1.29, 1.82) is 0 Å². The molecule has 0 unspecified atom stereocenters. The lowest BCUT2D eigenvalue weighted by molar-refractivity contribution is 0.469. The van der Waals surface area contributed by atoms with Crippen molar-refractivity contribution in [2.45, 2.75) is 31.6 Å². The Kier molecular flexibility index (Phi) is 2.24. The van der Waals surface area contributed by atoms with Gasteiger partial charge in [0.05, 0.1) is 4.47 Å². The smallest absolute Gasteiger partial charge is 0.248 e. The topological polar surface area (TPSA) is 38.9 Å². The van der Waals surface area contributed by atoms with Crippen LogP contribution >= 0.6 is 15.9 Å². The number of hydrogen-bond acceptors (Lipinski definition) is 3. The van der Waals surface area contributed by atoms with Gasteiger partial charge in [-0.05, 0) is 34.8 Å². The summed E-state index contributed by atoms with van der Waals surface area (Å²) in [5.74, 6) is 1.37. The van der Waals surface area contributed by atoms with E-state index in [1.165, 1.54) is 25.7 Å². The fourth-order valence-electron chi connectivity index (χ4n) is 2.17. The molecule has 2 aromatic heterocycles. The average Bonchev–Trinajstić information content (AvgIpc) is 2.86. The maximum absolute atomic E-state index is 5.68. The number of oxazole rings is 1. The summed E-state index contributed by atoms with van der Waals surface area (Å²) in [6.45, 7) is 0. The molecule has 1 fully saturated rings. The third kappa shape index (κ3) is 1.57. The summed E-state index contributed by atoms with van der Waals surface area (Å²) in [6.07, 6.45) is 6.71. The van der Waals surface area contributed by atoms with Crippen LogP contribution < -0.4 is 0 Å². The van der Waals surface area contributed by atoms with Gasteiger partial charge in [0.2, 0.25) is 11.6 Å². The molecule has 1 saturated carbocycles. The Morgan fingerprint density at radius 3 is 2.87 bits per heavy atom. The van der Waals surface area contributed by atoms with Gasteiger partial charge < -0.3 is 4.42 Å². The van der Waals surface area contributed by atoms with Gasteiger partial charge in [0.25, 0.3) is 0 Å². The molecule has 0 aliphatic heterocycles. The zero-order chi connectivity index (χ0) is 10.3. The Labute approximate surface area is 96.0 Å². The van der Waals surface area contributed by atoms with E-state index in [9.17, 15) is 0 Å². The summed E-state index contributed by atoms with van der Waals surface area (Å²) < 4.78 is 6.64. The Morgan fingerprint density at radius 1 is 1.33 bits per heavy atom. The quantitative estimate of drug-likeness (QED) is 0.791. The van der Waals surface area contributed by atoms with Crippen LogP contribution in [0, 0.1) is 0 Å². The maximum Gasteiger partial charge on any atom is 0.248 e. The Bertz CT molecular complexity index is 488. The summed E-state index contributed by atoms with van der Waals surface area (Å²) in [5, 5.41) is 0. The van der Waals surface area contributed by atoms with Crippen molar-refractivity contribution >= 4 is 27.2 Å². The minimum atomic E-state index is 0.506. The first-order chi connectivity index (χ1) is 7.34. The van der Waals surface area contributed by atoms with Crippen LogP contribution in [0.15, 0.2) is 21.2 Å². The molecule has 0 bridgehead atoms. The first-order valence-corrected chi connectivity index (χ1v) is 6.05. The van der Waals surface area contributed by atoms with Gasteiger partial charge in [0.1, 0.15) is 5.52 Å². The third-order valence-corrected chi connectivity index (χ3v) is 3.61. The van der Waals surface area contributed by atoms with Crippen molar-refractivity contribution in [3.05, 3.63) is 22.6 Å². The molecule has 0 saturated heterocycles. The van der Waals surface area contributed by atoms with Gasteiger partial charge in [-0.25, -0.2) is 9.97 Å². The molecular weight excluding hydrogens is 256 g/mol. The van der Waals surface area contributed by atoms with E-state index in [1.807, 2.05) is 6.07 Å². The van der Waals surface area contributed by atoms with Crippen molar-refractivity contribution in [3.63, 3.8) is 0 Å². The molecule has 3 rings (SSSR count). The summed E-state index contributed by atoms with van der Waals surface area (Å²) in [6, 6.07) is 1.89. The molecule has 1 aliphatic rings. The van der Waals surface area contributed by atoms with E-state index in [2.05, 4.69) is 25.9 Å². The van der Waals surface area contributed by atoms with E-state index in [4.69, 9.17) is 4.42 Å². The second-order valence-corrected chi connectivity index (χ2v) is 4.83. The first-order valence-electron chi connectivity index (χ1n) is 5.25. The highest BCUT2D eigenvalue weighted by atomic mass is 79.9. The summed E-state index contributed by atoms with van der Waals surface area (Å²) in [4.78, 5) is 8.69. The highest BCUT2D eigenvalue weighted by Gasteiger charge is 2.23. The van der Waals surface area contributed by atoms with Crippen LogP contribution in [0.4, 0.5) is 0 Å². The molecule has 0 amide bonds. The van der Waals surface area contributed by atoms with E-state index < -0.39 is 0 Å². The molecular formula is C11H11BrN2O. The van der Waals surface area contributed by atoms with Gasteiger partial charge >= 0.3 is 0 Å². The standard InChI is InChI=1S/C11H11BrN2O/c12-8-5-6-13-11-9(8)14-10(15-11)7-3-1-2-4-7/h5-7H,1-4H2. The molecule has 0 N–H and O–H groups in total. The highest BCUT2D eigenvalue weighted by Crippen LogP contribution is 2.35. The van der Waals surface area contributed by atoms with Gasteiger partial charge in [-0.2, -0.15) is 0 Å². The SMILES string of the molecule is Brc1ccnc2oc(C3CCCC3)nc12. The minimum absolute atomic E-state index is 0.506. The van der Waals surface area contributed by atoms with E-state index >= 15 is 0 Å². The Morgan fingerprint density at radius 2 is 2.13 bits per heavy atom. The molecule has 0 atom stereocenters. The lowest BCUT2D eigenvalue weighted by Crippen LogP contribution is -1.90. The van der Waals surface area contributed by atoms with E-state index in [1.54, 1.807) is 6.20 Å². The molecule has 0 aromatic carbocycles. The van der Waals surface area contributed by atoms with Crippen LogP contribution in [-0.2, 0) is 0 Å². The molecule has 3 nitrogen and oxygen atoms in total. The third-order valence-electron chi connectivity index (χ3n) is 2.97. The molecule has 1 aliphatic carbocycles. The van der Waals surface area contributed by atoms with Crippen molar-refractivity contribution in [1.82, 2.24) is 9.97 Å². The Balaban J connectivity index is 2.09. The molecule has 78 valence electrons. The zero-order valence-corrected chi connectivity index (χ0v) is 9.83. The average molecular weight is 267 g/mol. The predicted molar refractivity (Wildman–Crippen MR) is 60.7 cm³/mol. The molecule has 2 heterocycles. The van der Waals surface area contributed by atoms with Gasteiger partial charge in [-0.1, -0.05) is 12.8 Å². The van der Waals surface area contributed by atoms with E-state index in [0.717, 1.165) is 15.9 Å². The number of halogens is 1. The second-order valence-electron chi connectivity index (χ2n) is 3.98. The Hall–Kier alpha value is -0.900. The predicted octanol–water partition coefficient (Wildman–Crippen LogP) is 3.64. The van der Waals surface area contributed by atoms with Crippen molar-refractivity contribution in [3.8, 4) is 0 Å². The van der Waals surface area contributed by atoms with E-state index in [-0.39, 0.29) is 0 Å². The zero-order valence-electron chi connectivity index (χ0n) is 8.24. The lowest BCUT2D eigenvalue weighted by atomic mass is 10.1. The summed E-state index contributed by atoms with van der Waals surface area (Å²) in [7, 11) is 0. The van der Waals surface area contributed by atoms with E-state index in [0.29, 0.717) is 11.6 Å². The highest BCUT2D eigenvalue weighted by molar-refractivity contribution is 9.10. The number of hydrogen-bond donors (Lipinski definition) is 0. The van der Waals surface area contributed by atoms with Gasteiger partial charge in [-0.15, -0.1) is 0 Å². The molecule has 0 spiro atoms. The number of rotatable bonds is 1. The summed E-state index contributed by atoms with van der Waals surface area (Å²) >= 11 is 3.46. The van der Waals surface area contributed by atoms with Crippen LogP contribution in [0.2, 0.25) is 0 Å². The maximum atomic E-state index is 5.68. The van der Waals surface area contributed by atoms with Crippen LogP contribution in [-0.4, -0.2) is 9.97 Å². The monoisotopic (exact) mass is 266 g/mol. The van der Waals surface area contributed by atoms with Gasteiger partial charge in [0.15, 0.2) is 0 Å². The largest absolute Gasteiger partial charge is 0.422 e. The fourth-order valence-corrected chi connectivity index (χ4v) is 2.54. The van der Waals surface area contributed by atoms with Gasteiger partial charge in [-0.3, -0.25) is 0 Å². The first kappa shape index (κ1) is 9.33. The molecule has 0 radical (unpaired) electrons. The van der Waals surface area contributed by atoms with Crippen LogP contribution in [0.3, 0.4) is 0 Å². The number of pyridine rings is 1. The van der Waals surface area contributed by atoms with Crippen LogP contribution in [0.1, 0.15) is 37.5 Å². The number of fused-ring (bicyclic) bond motifs is 1. The summed E-state index contributed by atoms with van der Waals surface area (Å²) in [5.41, 5.74) is 1.49. The minimum Gasteiger partial charge on any atom is -0.422 e. The normalized spacial score (nSPS) is 17.7. The van der Waals surface area contributed by atoms with Crippen LogP contribution in [0.25, 0.3) is 11.2 Å². The van der Waals surface area contributed by atoms with Crippen molar-refractivity contribution in [2.24, 2.45) is 0 Å². The lowest BCUT2D eigenvalue weighted by Gasteiger charge is -2.00. The second kappa shape index (κ2) is 3.59. The van der Waals surface area contributed by atoms with Gasteiger partial charge in [0, 0.05) is 12.1 Å². The van der Waals surface area contributed by atoms with Crippen LogP contribution in [0.5, 0.6) is 0 Å².